The fourth-order valence-electron chi connectivity index (χ4n) is 1.95. The lowest BCUT2D eigenvalue weighted by molar-refractivity contribution is 0.0660. The van der Waals surface area contributed by atoms with Crippen molar-refractivity contribution in [3.63, 3.8) is 0 Å². The van der Waals surface area contributed by atoms with Gasteiger partial charge in [-0.15, -0.1) is 0 Å². The van der Waals surface area contributed by atoms with Gasteiger partial charge in [0.05, 0.1) is 12.3 Å². The van der Waals surface area contributed by atoms with Gasteiger partial charge in [0.15, 0.2) is 5.76 Å². The number of para-hydroxylation sites is 2. The number of nitrogens with one attached hydrogen (secondary N) is 1. The average Bonchev–Trinajstić information content (AvgIpc) is 3.19. The van der Waals surface area contributed by atoms with E-state index in [0.29, 0.717) is 24.0 Å². The van der Waals surface area contributed by atoms with Crippen molar-refractivity contribution in [2.75, 3.05) is 11.9 Å². The summed E-state index contributed by atoms with van der Waals surface area (Å²) in [5.74, 6) is -0.875. The predicted octanol–water partition coefficient (Wildman–Crippen LogP) is 3.02. The lowest BCUT2D eigenvalue weighted by Crippen LogP contribution is -2.12. The van der Waals surface area contributed by atoms with Crippen LogP contribution in [0.4, 0.5) is 5.69 Å². The van der Waals surface area contributed by atoms with Crippen LogP contribution in [0.3, 0.4) is 0 Å². The molecule has 0 radical (unpaired) electrons. The second-order valence-corrected chi connectivity index (χ2v) is 5.17. The SMILES string of the molecule is O=C(O)c1ccc(C(=O)Nc2ccccc2OCC2CC2)o1. The normalized spacial score (nSPS) is 13.6. The molecule has 1 saturated carbocycles. The van der Waals surface area contributed by atoms with E-state index in [0.717, 1.165) is 0 Å². The van der Waals surface area contributed by atoms with E-state index < -0.39 is 11.9 Å². The van der Waals surface area contributed by atoms with Gasteiger partial charge in [0, 0.05) is 0 Å². The lowest BCUT2D eigenvalue weighted by Gasteiger charge is -2.11. The van der Waals surface area contributed by atoms with Crippen molar-refractivity contribution in [3.8, 4) is 5.75 Å². The summed E-state index contributed by atoms with van der Waals surface area (Å²) in [6, 6.07) is 9.68. The molecule has 0 atom stereocenters. The summed E-state index contributed by atoms with van der Waals surface area (Å²) >= 11 is 0. The van der Waals surface area contributed by atoms with Crippen molar-refractivity contribution in [2.45, 2.75) is 12.8 Å². The fourth-order valence-corrected chi connectivity index (χ4v) is 1.95. The largest absolute Gasteiger partial charge is 0.491 e. The third-order valence-electron chi connectivity index (χ3n) is 3.35. The number of ether oxygens (including phenoxy) is 1. The van der Waals surface area contributed by atoms with Crippen LogP contribution >= 0.6 is 0 Å². The number of carbonyl (C=O) groups is 2. The van der Waals surface area contributed by atoms with Crippen LogP contribution < -0.4 is 10.1 Å². The Bertz CT molecular complexity index is 702. The molecular weight excluding hydrogens is 286 g/mol. The zero-order chi connectivity index (χ0) is 15.5. The molecule has 22 heavy (non-hydrogen) atoms. The van der Waals surface area contributed by atoms with E-state index in [-0.39, 0.29) is 11.5 Å². The Morgan fingerprint density at radius 2 is 1.91 bits per heavy atom. The molecule has 0 bridgehead atoms. The zero-order valence-electron chi connectivity index (χ0n) is 11.7. The Labute approximate surface area is 126 Å². The first kappa shape index (κ1) is 14.2. The lowest BCUT2D eigenvalue weighted by atomic mass is 10.3. The maximum Gasteiger partial charge on any atom is 0.371 e. The Hall–Kier alpha value is -2.76. The highest BCUT2D eigenvalue weighted by atomic mass is 16.5. The Kier molecular flexibility index (Phi) is 3.82. The van der Waals surface area contributed by atoms with Gasteiger partial charge in [0.2, 0.25) is 5.76 Å². The molecule has 3 rings (SSSR count). The summed E-state index contributed by atoms with van der Waals surface area (Å²) in [7, 11) is 0. The van der Waals surface area contributed by atoms with Crippen LogP contribution in [0.2, 0.25) is 0 Å². The molecule has 0 saturated heterocycles. The van der Waals surface area contributed by atoms with Crippen molar-refractivity contribution >= 4 is 17.6 Å². The van der Waals surface area contributed by atoms with Crippen molar-refractivity contribution < 1.29 is 23.8 Å². The third kappa shape index (κ3) is 3.28. The summed E-state index contributed by atoms with van der Waals surface area (Å²) in [5, 5.41) is 11.5. The van der Waals surface area contributed by atoms with Crippen LogP contribution in [0.15, 0.2) is 40.8 Å². The van der Waals surface area contributed by atoms with Crippen LogP contribution in [-0.2, 0) is 0 Å². The maximum absolute atomic E-state index is 12.1. The number of hydrogen-bond acceptors (Lipinski definition) is 4. The number of hydrogen-bond donors (Lipinski definition) is 2. The summed E-state index contributed by atoms with van der Waals surface area (Å²) in [4.78, 5) is 22.9. The highest BCUT2D eigenvalue weighted by Crippen LogP contribution is 2.31. The molecule has 1 fully saturated rings. The molecule has 1 aromatic carbocycles. The molecule has 6 heteroatoms. The first-order valence-corrected chi connectivity index (χ1v) is 7.00. The van der Waals surface area contributed by atoms with Crippen LogP contribution in [-0.4, -0.2) is 23.6 Å². The number of amides is 1. The number of carbonyl (C=O) groups excluding carboxylic acids is 1. The van der Waals surface area contributed by atoms with Crippen molar-refractivity contribution in [1.82, 2.24) is 0 Å². The summed E-state index contributed by atoms with van der Waals surface area (Å²) in [6.45, 7) is 0.636. The van der Waals surface area contributed by atoms with Gasteiger partial charge in [-0.2, -0.15) is 0 Å². The van der Waals surface area contributed by atoms with E-state index in [1.54, 1.807) is 18.2 Å². The van der Waals surface area contributed by atoms with E-state index in [2.05, 4.69) is 5.32 Å². The minimum Gasteiger partial charge on any atom is -0.491 e. The topological polar surface area (TPSA) is 88.8 Å². The molecule has 2 N–H and O–H groups in total. The molecule has 1 heterocycles. The monoisotopic (exact) mass is 301 g/mol. The molecule has 1 aliphatic carbocycles. The second-order valence-electron chi connectivity index (χ2n) is 5.17. The van der Waals surface area contributed by atoms with Gasteiger partial charge in [-0.3, -0.25) is 4.79 Å². The maximum atomic E-state index is 12.1. The molecule has 0 unspecified atom stereocenters. The molecular formula is C16H15NO5. The third-order valence-corrected chi connectivity index (χ3v) is 3.35. The molecule has 114 valence electrons. The summed E-state index contributed by atoms with van der Waals surface area (Å²) in [5.41, 5.74) is 0.529. The average molecular weight is 301 g/mol. The highest BCUT2D eigenvalue weighted by molar-refractivity contribution is 6.03. The van der Waals surface area contributed by atoms with E-state index in [4.69, 9.17) is 14.3 Å². The van der Waals surface area contributed by atoms with Gasteiger partial charge < -0.3 is 19.6 Å². The molecule has 0 aliphatic heterocycles. The molecule has 1 amide bonds. The number of carboxylic acid groups (broad SMARTS) is 1. The zero-order valence-corrected chi connectivity index (χ0v) is 11.7. The fraction of sp³-hybridized carbons (Fsp3) is 0.250. The number of rotatable bonds is 6. The van der Waals surface area contributed by atoms with Crippen LogP contribution in [0, 0.1) is 5.92 Å². The minimum absolute atomic E-state index is 0.0607. The minimum atomic E-state index is -1.22. The van der Waals surface area contributed by atoms with E-state index >= 15 is 0 Å². The molecule has 1 aliphatic rings. The van der Waals surface area contributed by atoms with Gasteiger partial charge in [0.25, 0.3) is 5.91 Å². The van der Waals surface area contributed by atoms with E-state index in [1.165, 1.54) is 25.0 Å². The smallest absolute Gasteiger partial charge is 0.371 e. The van der Waals surface area contributed by atoms with Crippen molar-refractivity contribution in [1.29, 1.82) is 0 Å². The van der Waals surface area contributed by atoms with Crippen LogP contribution in [0.5, 0.6) is 5.75 Å². The molecule has 6 nitrogen and oxygen atoms in total. The van der Waals surface area contributed by atoms with E-state index in [9.17, 15) is 9.59 Å². The predicted molar refractivity (Wildman–Crippen MR) is 78.3 cm³/mol. The second kappa shape index (κ2) is 5.93. The van der Waals surface area contributed by atoms with Crippen LogP contribution in [0.1, 0.15) is 34.0 Å². The number of aromatic carboxylic acids is 1. The quantitative estimate of drug-likeness (QED) is 0.856. The standard InChI is InChI=1S/C16H15NO5/c18-15(13-7-8-14(22-13)16(19)20)17-11-3-1-2-4-12(11)21-9-10-5-6-10/h1-4,7-8,10H,5-6,9H2,(H,17,18)(H,19,20). The van der Waals surface area contributed by atoms with Gasteiger partial charge >= 0.3 is 5.97 Å². The number of furan rings is 1. The van der Waals surface area contributed by atoms with Gasteiger partial charge in [-0.05, 0) is 43.0 Å². The summed E-state index contributed by atoms with van der Waals surface area (Å²) < 4.78 is 10.7. The highest BCUT2D eigenvalue weighted by Gasteiger charge is 2.22. The number of anilines is 1. The Morgan fingerprint density at radius 3 is 2.59 bits per heavy atom. The number of benzene rings is 1. The molecule has 0 spiro atoms. The van der Waals surface area contributed by atoms with Gasteiger partial charge in [-0.25, -0.2) is 4.79 Å². The van der Waals surface area contributed by atoms with Crippen molar-refractivity contribution in [2.24, 2.45) is 5.92 Å². The first-order chi connectivity index (χ1) is 10.6. The molecule has 2 aromatic rings. The molecule has 1 aromatic heterocycles. The van der Waals surface area contributed by atoms with Gasteiger partial charge in [-0.1, -0.05) is 12.1 Å². The van der Waals surface area contributed by atoms with E-state index in [1.807, 2.05) is 6.07 Å². The Balaban J connectivity index is 1.70. The number of carboxylic acids is 1. The van der Waals surface area contributed by atoms with Gasteiger partial charge in [0.1, 0.15) is 5.75 Å². The first-order valence-electron chi connectivity index (χ1n) is 7.00. The Morgan fingerprint density at radius 1 is 1.18 bits per heavy atom. The summed E-state index contributed by atoms with van der Waals surface area (Å²) in [6.07, 6.45) is 2.36. The van der Waals surface area contributed by atoms with Crippen LogP contribution in [0.25, 0.3) is 0 Å². The van der Waals surface area contributed by atoms with Crippen molar-refractivity contribution in [3.05, 3.63) is 47.9 Å².